The molecule has 5 heteroatoms. The average molecular weight is 321 g/mol. The number of nitrogens with one attached hydrogen (secondary N) is 1. The van der Waals surface area contributed by atoms with Gasteiger partial charge in [-0.2, -0.15) is 0 Å². The molecule has 0 atom stereocenters. The van der Waals surface area contributed by atoms with Crippen molar-refractivity contribution in [3.63, 3.8) is 0 Å². The number of hydrogen-bond acceptors (Lipinski definition) is 3. The summed E-state index contributed by atoms with van der Waals surface area (Å²) in [6.07, 6.45) is 3.34. The highest BCUT2D eigenvalue weighted by Crippen LogP contribution is 2.23. The first-order valence-corrected chi connectivity index (χ1v) is 6.46. The van der Waals surface area contributed by atoms with Gasteiger partial charge in [0.15, 0.2) is 0 Å². The summed E-state index contributed by atoms with van der Waals surface area (Å²) < 4.78 is 5.83. The number of rotatable bonds is 3. The fourth-order valence-corrected chi connectivity index (χ4v) is 2.05. The van der Waals surface area contributed by atoms with Crippen LogP contribution >= 0.6 is 15.9 Å². The van der Waals surface area contributed by atoms with Crippen molar-refractivity contribution in [1.82, 2.24) is 4.98 Å². The van der Waals surface area contributed by atoms with E-state index in [9.17, 15) is 4.79 Å². The summed E-state index contributed by atoms with van der Waals surface area (Å²) in [7, 11) is 1.56. The molecule has 98 valence electrons. The molecule has 0 saturated carbocycles. The number of nitrogens with zero attached hydrogens (tertiary/aromatic N) is 1. The molecule has 1 amide bonds. The number of amides is 1. The smallest absolute Gasteiger partial charge is 0.256 e. The molecule has 1 aromatic carbocycles. The molecule has 0 unspecified atom stereocenters. The van der Waals surface area contributed by atoms with Gasteiger partial charge in [0.2, 0.25) is 0 Å². The molecule has 19 heavy (non-hydrogen) atoms. The van der Waals surface area contributed by atoms with Gasteiger partial charge in [-0.3, -0.25) is 9.78 Å². The van der Waals surface area contributed by atoms with Crippen LogP contribution in [0.5, 0.6) is 5.75 Å². The van der Waals surface area contributed by atoms with Crippen molar-refractivity contribution in [2.45, 2.75) is 6.92 Å². The number of hydrogen-bond donors (Lipinski definition) is 1. The molecule has 2 aromatic rings. The van der Waals surface area contributed by atoms with Gasteiger partial charge >= 0.3 is 0 Å². The van der Waals surface area contributed by atoms with E-state index in [1.165, 1.54) is 0 Å². The van der Waals surface area contributed by atoms with E-state index in [1.54, 1.807) is 37.7 Å². The van der Waals surface area contributed by atoms with Gasteiger partial charge in [0.25, 0.3) is 5.91 Å². The minimum Gasteiger partial charge on any atom is -0.497 e. The SMILES string of the molecule is COc1ccc(Br)c(C(=O)Nc2cncc(C)c2)c1. The van der Waals surface area contributed by atoms with Gasteiger partial charge in [0.05, 0.1) is 24.6 Å². The molecule has 0 fully saturated rings. The molecule has 1 N–H and O–H groups in total. The maximum Gasteiger partial charge on any atom is 0.256 e. The first kappa shape index (κ1) is 13.5. The Balaban J connectivity index is 2.25. The predicted molar refractivity (Wildman–Crippen MR) is 77.6 cm³/mol. The van der Waals surface area contributed by atoms with Crippen LogP contribution in [0.15, 0.2) is 41.1 Å². The molecule has 0 aliphatic carbocycles. The van der Waals surface area contributed by atoms with Gasteiger partial charge in [-0.15, -0.1) is 0 Å². The average Bonchev–Trinajstić information content (AvgIpc) is 2.39. The highest BCUT2D eigenvalue weighted by Gasteiger charge is 2.11. The largest absolute Gasteiger partial charge is 0.497 e. The number of pyridine rings is 1. The van der Waals surface area contributed by atoms with E-state index in [0.717, 1.165) is 5.56 Å². The van der Waals surface area contributed by atoms with Crippen LogP contribution in [-0.4, -0.2) is 18.0 Å². The Morgan fingerprint density at radius 3 is 2.79 bits per heavy atom. The van der Waals surface area contributed by atoms with Gasteiger partial charge in [-0.05, 0) is 52.7 Å². The zero-order valence-corrected chi connectivity index (χ0v) is 12.2. The summed E-state index contributed by atoms with van der Waals surface area (Å²) >= 11 is 3.36. The molecular weight excluding hydrogens is 308 g/mol. The highest BCUT2D eigenvalue weighted by atomic mass is 79.9. The van der Waals surface area contributed by atoms with Gasteiger partial charge < -0.3 is 10.1 Å². The Morgan fingerprint density at radius 2 is 2.11 bits per heavy atom. The van der Waals surface area contributed by atoms with Crippen LogP contribution in [0.3, 0.4) is 0 Å². The van der Waals surface area contributed by atoms with Crippen LogP contribution in [0.4, 0.5) is 5.69 Å². The summed E-state index contributed by atoms with van der Waals surface area (Å²) in [5.74, 6) is 0.425. The number of carbonyl (C=O) groups excluding carboxylic acids is 1. The molecule has 0 aliphatic rings. The number of ether oxygens (including phenoxy) is 1. The van der Waals surface area contributed by atoms with E-state index in [4.69, 9.17) is 4.74 Å². The zero-order chi connectivity index (χ0) is 13.8. The van der Waals surface area contributed by atoms with Crippen LogP contribution in [0.2, 0.25) is 0 Å². The van der Waals surface area contributed by atoms with Crippen molar-refractivity contribution in [1.29, 1.82) is 0 Å². The summed E-state index contributed by atoms with van der Waals surface area (Å²) in [5, 5.41) is 2.80. The lowest BCUT2D eigenvalue weighted by atomic mass is 10.2. The molecule has 0 aliphatic heterocycles. The molecule has 0 spiro atoms. The number of methoxy groups -OCH3 is 1. The third-order valence-electron chi connectivity index (χ3n) is 2.55. The molecule has 1 aromatic heterocycles. The third kappa shape index (κ3) is 3.32. The molecule has 0 bridgehead atoms. The first-order chi connectivity index (χ1) is 9.10. The fourth-order valence-electron chi connectivity index (χ4n) is 1.63. The van der Waals surface area contributed by atoms with Crippen molar-refractivity contribution in [2.75, 3.05) is 12.4 Å². The number of benzene rings is 1. The Hall–Kier alpha value is -1.88. The molecule has 1 heterocycles. The number of aromatic nitrogens is 1. The lowest BCUT2D eigenvalue weighted by Gasteiger charge is -2.08. The summed E-state index contributed by atoms with van der Waals surface area (Å²) in [6, 6.07) is 7.11. The highest BCUT2D eigenvalue weighted by molar-refractivity contribution is 9.10. The van der Waals surface area contributed by atoms with Crippen molar-refractivity contribution < 1.29 is 9.53 Å². The monoisotopic (exact) mass is 320 g/mol. The normalized spacial score (nSPS) is 10.1. The van der Waals surface area contributed by atoms with Gasteiger partial charge in [-0.1, -0.05) is 0 Å². The van der Waals surface area contributed by atoms with Gasteiger partial charge in [-0.25, -0.2) is 0 Å². The number of aryl methyl sites for hydroxylation is 1. The topological polar surface area (TPSA) is 51.2 Å². The maximum atomic E-state index is 12.2. The van der Waals surface area contributed by atoms with Crippen molar-refractivity contribution in [3.05, 3.63) is 52.3 Å². The van der Waals surface area contributed by atoms with E-state index in [-0.39, 0.29) is 5.91 Å². The second-order valence-corrected chi connectivity index (χ2v) is 4.91. The van der Waals surface area contributed by atoms with Crippen LogP contribution in [0.25, 0.3) is 0 Å². The van der Waals surface area contributed by atoms with E-state index >= 15 is 0 Å². The summed E-state index contributed by atoms with van der Waals surface area (Å²) in [6.45, 7) is 1.92. The van der Waals surface area contributed by atoms with Crippen LogP contribution in [0.1, 0.15) is 15.9 Å². The lowest BCUT2D eigenvalue weighted by molar-refractivity contribution is 0.102. The van der Waals surface area contributed by atoms with Crippen molar-refractivity contribution in [2.24, 2.45) is 0 Å². The van der Waals surface area contributed by atoms with Gasteiger partial charge in [0.1, 0.15) is 5.75 Å². The predicted octanol–water partition coefficient (Wildman–Crippen LogP) is 3.41. The maximum absolute atomic E-state index is 12.2. The minimum atomic E-state index is -0.210. The second kappa shape index (κ2) is 5.84. The van der Waals surface area contributed by atoms with E-state index in [0.29, 0.717) is 21.5 Å². The first-order valence-electron chi connectivity index (χ1n) is 5.66. The van der Waals surface area contributed by atoms with E-state index < -0.39 is 0 Å². The summed E-state index contributed by atoms with van der Waals surface area (Å²) in [4.78, 5) is 16.2. The molecule has 4 nitrogen and oxygen atoms in total. The number of carbonyl (C=O) groups is 1. The van der Waals surface area contributed by atoms with E-state index in [1.807, 2.05) is 13.0 Å². The quantitative estimate of drug-likeness (QED) is 0.942. The van der Waals surface area contributed by atoms with Crippen molar-refractivity contribution in [3.8, 4) is 5.75 Å². The van der Waals surface area contributed by atoms with E-state index in [2.05, 4.69) is 26.2 Å². The Labute approximate surface area is 119 Å². The molecular formula is C14H13BrN2O2. The number of anilines is 1. The van der Waals surface area contributed by atoms with Crippen molar-refractivity contribution >= 4 is 27.5 Å². The Morgan fingerprint density at radius 1 is 1.32 bits per heavy atom. The Bertz CT molecular complexity index is 614. The summed E-state index contributed by atoms with van der Waals surface area (Å²) in [5.41, 5.74) is 2.17. The van der Waals surface area contributed by atoms with Crippen LogP contribution in [-0.2, 0) is 0 Å². The fraction of sp³-hybridized carbons (Fsp3) is 0.143. The second-order valence-electron chi connectivity index (χ2n) is 4.05. The third-order valence-corrected chi connectivity index (χ3v) is 3.24. The molecule has 0 radical (unpaired) electrons. The minimum absolute atomic E-state index is 0.210. The lowest BCUT2D eigenvalue weighted by Crippen LogP contribution is -2.13. The van der Waals surface area contributed by atoms with Gasteiger partial charge in [0, 0.05) is 10.7 Å². The standard InChI is InChI=1S/C14H13BrN2O2/c1-9-5-10(8-16-7-9)17-14(18)12-6-11(19-2)3-4-13(12)15/h3-8H,1-2H3,(H,17,18). The Kier molecular flexibility index (Phi) is 4.16. The zero-order valence-electron chi connectivity index (χ0n) is 10.6. The number of halogens is 1. The molecule has 0 saturated heterocycles. The van der Waals surface area contributed by atoms with Crippen LogP contribution in [0, 0.1) is 6.92 Å². The molecule has 2 rings (SSSR count). The van der Waals surface area contributed by atoms with Crippen LogP contribution < -0.4 is 10.1 Å².